The Morgan fingerprint density at radius 1 is 0.727 bits per heavy atom. The van der Waals surface area contributed by atoms with Crippen LogP contribution in [0, 0.1) is 0 Å². The summed E-state index contributed by atoms with van der Waals surface area (Å²) in [7, 11) is -5.12. The first-order valence-corrected chi connectivity index (χ1v) is 22.0. The van der Waals surface area contributed by atoms with Crippen LogP contribution in [0.2, 0.25) is 0 Å². The molecule has 320 valence electrons. The van der Waals surface area contributed by atoms with E-state index in [0.29, 0.717) is 12.8 Å². The lowest BCUT2D eigenvalue weighted by Gasteiger charge is -2.41. The number of hydrogen-bond acceptors (Lipinski definition) is 11. The Balaban J connectivity index is 2.71. The van der Waals surface area contributed by atoms with E-state index in [0.717, 1.165) is 64.2 Å². The normalized spacial score (nSPS) is 22.7. The second kappa shape index (κ2) is 32.0. The van der Waals surface area contributed by atoms with Crippen LogP contribution in [0.3, 0.4) is 0 Å². The van der Waals surface area contributed by atoms with Crippen LogP contribution in [0.4, 0.5) is 0 Å². The van der Waals surface area contributed by atoms with Gasteiger partial charge in [-0.25, -0.2) is 4.18 Å². The molecule has 0 aromatic carbocycles. The summed E-state index contributed by atoms with van der Waals surface area (Å²) in [5.41, 5.74) is 0. The molecule has 13 nitrogen and oxygen atoms in total. The standard InChI is InChI=1S/C41H73NO12S/c1-3-5-7-9-11-13-14-15-16-17-18-19-20-22-23-25-27-29-34(44)33(42-40(48)35(45)30-28-26-24-21-12-10-8-6-4-2)32-52-41-38(47)39(54-55(49,50)51)37(46)36(31-43)53-41/h10,12,16-17,20,22,27,29,33-39,41,43-47H,3-9,11,13-15,18-19,21,23-26,28,30-32H2,1-2H3,(H,42,48)(H,49,50,51)/b12-10-,17-16+,22-20+,29-27+. The van der Waals surface area contributed by atoms with Gasteiger partial charge < -0.3 is 40.3 Å². The molecule has 0 radical (unpaired) electrons. The van der Waals surface area contributed by atoms with Gasteiger partial charge in [0.1, 0.15) is 30.5 Å². The second-order valence-corrected chi connectivity index (χ2v) is 15.4. The summed E-state index contributed by atoms with van der Waals surface area (Å²) in [5.74, 6) is -0.735. The van der Waals surface area contributed by atoms with E-state index < -0.39 is 78.5 Å². The number of rotatable bonds is 33. The summed E-state index contributed by atoms with van der Waals surface area (Å²) in [4.78, 5) is 13.0. The van der Waals surface area contributed by atoms with E-state index in [4.69, 9.17) is 14.0 Å². The maximum Gasteiger partial charge on any atom is 0.397 e. The van der Waals surface area contributed by atoms with E-state index in [-0.39, 0.29) is 6.42 Å². The lowest BCUT2D eigenvalue weighted by Crippen LogP contribution is -2.61. The third-order valence-electron chi connectivity index (χ3n) is 9.42. The van der Waals surface area contributed by atoms with Gasteiger partial charge in [0.25, 0.3) is 0 Å². The molecule has 0 aromatic heterocycles. The van der Waals surface area contributed by atoms with Gasteiger partial charge in [0.05, 0.1) is 25.4 Å². The van der Waals surface area contributed by atoms with Crippen LogP contribution in [0.15, 0.2) is 48.6 Å². The molecule has 1 saturated heterocycles. The molecule has 1 amide bonds. The second-order valence-electron chi connectivity index (χ2n) is 14.3. The van der Waals surface area contributed by atoms with Crippen molar-refractivity contribution in [1.29, 1.82) is 0 Å². The third kappa shape index (κ3) is 25.1. The lowest BCUT2D eigenvalue weighted by atomic mass is 9.99. The monoisotopic (exact) mass is 803 g/mol. The minimum Gasteiger partial charge on any atom is -0.394 e. The summed E-state index contributed by atoms with van der Waals surface area (Å²) in [6, 6.07) is -1.15. The Morgan fingerprint density at radius 2 is 1.24 bits per heavy atom. The van der Waals surface area contributed by atoms with Crippen molar-refractivity contribution in [2.24, 2.45) is 0 Å². The number of carbonyl (C=O) groups excluding carboxylic acids is 1. The van der Waals surface area contributed by atoms with Crippen LogP contribution in [0.5, 0.6) is 0 Å². The molecule has 55 heavy (non-hydrogen) atoms. The SMILES string of the molecule is CCCC/C=C\CCCCCC(O)C(=O)NC(COC1OC(CO)C(O)C(OS(=O)(=O)O)C1O)C(O)/C=C/CC/C=C/CC/C=C/CCCCCCCCC. The van der Waals surface area contributed by atoms with Crippen LogP contribution < -0.4 is 5.32 Å². The van der Waals surface area contributed by atoms with E-state index in [9.17, 15) is 38.7 Å². The molecule has 1 heterocycles. The number of allylic oxidation sites excluding steroid dienone is 7. The van der Waals surface area contributed by atoms with Crippen molar-refractivity contribution in [3.05, 3.63) is 48.6 Å². The number of nitrogens with one attached hydrogen (secondary N) is 1. The molecule has 1 aliphatic heterocycles. The van der Waals surface area contributed by atoms with Gasteiger partial charge >= 0.3 is 10.4 Å². The van der Waals surface area contributed by atoms with Gasteiger partial charge in [-0.3, -0.25) is 9.35 Å². The lowest BCUT2D eigenvalue weighted by molar-refractivity contribution is -0.298. The molecular weight excluding hydrogens is 731 g/mol. The molecule has 8 unspecified atom stereocenters. The molecule has 0 spiro atoms. The Morgan fingerprint density at radius 3 is 1.80 bits per heavy atom. The summed E-state index contributed by atoms with van der Waals surface area (Å²) in [5, 5.41) is 54.8. The quantitative estimate of drug-likeness (QED) is 0.0235. The smallest absolute Gasteiger partial charge is 0.394 e. The van der Waals surface area contributed by atoms with E-state index in [1.807, 2.05) is 0 Å². The highest BCUT2D eigenvalue weighted by Gasteiger charge is 2.48. The van der Waals surface area contributed by atoms with Crippen LogP contribution in [-0.4, -0.2) is 107 Å². The Kier molecular flexibility index (Phi) is 29.7. The molecule has 0 aliphatic carbocycles. The van der Waals surface area contributed by atoms with Crippen molar-refractivity contribution in [3.63, 3.8) is 0 Å². The minimum absolute atomic E-state index is 0.210. The fraction of sp³-hybridized carbons (Fsp3) is 0.780. The van der Waals surface area contributed by atoms with Crippen LogP contribution in [0.1, 0.15) is 142 Å². The number of unbranched alkanes of at least 4 members (excludes halogenated alkanes) is 14. The fourth-order valence-electron chi connectivity index (χ4n) is 6.06. The molecule has 8 atom stereocenters. The topological polar surface area (TPSA) is 212 Å². The predicted octanol–water partition coefficient (Wildman–Crippen LogP) is 5.90. The van der Waals surface area contributed by atoms with Crippen molar-refractivity contribution in [2.75, 3.05) is 13.2 Å². The Hall–Kier alpha value is -1.98. The summed E-state index contributed by atoms with van der Waals surface area (Å²) in [6.45, 7) is 3.08. The summed E-state index contributed by atoms with van der Waals surface area (Å²) in [6.07, 6.45) is 25.1. The molecule has 1 rings (SSSR count). The van der Waals surface area contributed by atoms with Gasteiger partial charge in [-0.1, -0.05) is 127 Å². The van der Waals surface area contributed by atoms with E-state index in [1.165, 1.54) is 51.0 Å². The van der Waals surface area contributed by atoms with Crippen molar-refractivity contribution in [3.8, 4) is 0 Å². The highest BCUT2D eigenvalue weighted by molar-refractivity contribution is 7.80. The number of carbonyl (C=O) groups is 1. The molecule has 0 saturated carbocycles. The molecule has 14 heteroatoms. The highest BCUT2D eigenvalue weighted by atomic mass is 32.3. The van der Waals surface area contributed by atoms with Crippen molar-refractivity contribution < 1.29 is 57.0 Å². The number of amides is 1. The molecule has 1 fully saturated rings. The van der Waals surface area contributed by atoms with Crippen molar-refractivity contribution in [2.45, 2.75) is 191 Å². The van der Waals surface area contributed by atoms with Crippen LogP contribution >= 0.6 is 0 Å². The molecule has 1 aliphatic rings. The van der Waals surface area contributed by atoms with Gasteiger partial charge in [0, 0.05) is 0 Å². The number of ether oxygens (including phenoxy) is 2. The predicted molar refractivity (Wildman–Crippen MR) is 214 cm³/mol. The molecular formula is C41H73NO12S. The van der Waals surface area contributed by atoms with Crippen molar-refractivity contribution in [1.82, 2.24) is 5.32 Å². The number of aliphatic hydroxyl groups is 5. The third-order valence-corrected chi connectivity index (χ3v) is 9.88. The highest BCUT2D eigenvalue weighted by Crippen LogP contribution is 2.26. The van der Waals surface area contributed by atoms with Gasteiger partial charge in [0.15, 0.2) is 6.29 Å². The average Bonchev–Trinajstić information content (AvgIpc) is 3.15. The maximum atomic E-state index is 13.0. The first kappa shape index (κ1) is 51.0. The minimum atomic E-state index is -5.12. The van der Waals surface area contributed by atoms with Gasteiger partial charge in [-0.05, 0) is 64.2 Å². The summed E-state index contributed by atoms with van der Waals surface area (Å²) < 4.78 is 47.3. The molecule has 0 bridgehead atoms. The van der Waals surface area contributed by atoms with E-state index in [1.54, 1.807) is 6.08 Å². The zero-order valence-electron chi connectivity index (χ0n) is 33.3. The van der Waals surface area contributed by atoms with Crippen LogP contribution in [0.25, 0.3) is 0 Å². The zero-order chi connectivity index (χ0) is 40.7. The molecule has 7 N–H and O–H groups in total. The zero-order valence-corrected chi connectivity index (χ0v) is 34.2. The molecule has 0 aromatic rings. The van der Waals surface area contributed by atoms with Gasteiger partial charge in [0.2, 0.25) is 5.91 Å². The first-order chi connectivity index (χ1) is 26.4. The number of hydrogen-bond donors (Lipinski definition) is 7. The summed E-state index contributed by atoms with van der Waals surface area (Å²) >= 11 is 0. The van der Waals surface area contributed by atoms with Crippen molar-refractivity contribution >= 4 is 16.3 Å². The Labute approximate surface area is 330 Å². The Bertz CT molecular complexity index is 1190. The maximum absolute atomic E-state index is 13.0. The largest absolute Gasteiger partial charge is 0.397 e. The average molecular weight is 804 g/mol. The fourth-order valence-corrected chi connectivity index (χ4v) is 6.57. The van der Waals surface area contributed by atoms with E-state index in [2.05, 4.69) is 59.8 Å². The van der Waals surface area contributed by atoms with Crippen LogP contribution in [-0.2, 0) is 28.9 Å². The van der Waals surface area contributed by atoms with Gasteiger partial charge in [-0.15, -0.1) is 0 Å². The number of aliphatic hydroxyl groups excluding tert-OH is 5. The first-order valence-electron chi connectivity index (χ1n) is 20.6. The van der Waals surface area contributed by atoms with E-state index >= 15 is 0 Å². The van der Waals surface area contributed by atoms with Gasteiger partial charge in [-0.2, -0.15) is 8.42 Å².